The van der Waals surface area contributed by atoms with Gasteiger partial charge in [0.1, 0.15) is 39.5 Å². The molecule has 0 aromatic carbocycles. The SMILES string of the molecule is CCC(C)(CC)CC(O)COC(=O)Cn1c(=O)n(CC(=O)OCC(O)C(C)C)c(=O)n(CC(=O)OCC(O)C(C)C)c1=O. The Bertz CT molecular complexity index is 1190. The van der Waals surface area contributed by atoms with Crippen LogP contribution in [-0.4, -0.2) is 85.1 Å². The topological polar surface area (TPSA) is 206 Å². The van der Waals surface area contributed by atoms with Gasteiger partial charge in [-0.05, 0) is 23.7 Å². The molecule has 0 aliphatic heterocycles. The van der Waals surface area contributed by atoms with Crippen LogP contribution in [0.5, 0.6) is 0 Å². The quantitative estimate of drug-likeness (QED) is 0.140. The minimum Gasteiger partial charge on any atom is -0.462 e. The summed E-state index contributed by atoms with van der Waals surface area (Å²) in [4.78, 5) is 76.7. The Morgan fingerprint density at radius 3 is 1.23 bits per heavy atom. The second-order valence-corrected chi connectivity index (χ2v) is 11.7. The first kappa shape index (κ1) is 37.7. The summed E-state index contributed by atoms with van der Waals surface area (Å²) in [7, 11) is 0. The van der Waals surface area contributed by atoms with E-state index in [1.165, 1.54) is 0 Å². The van der Waals surface area contributed by atoms with E-state index >= 15 is 0 Å². The van der Waals surface area contributed by atoms with Gasteiger partial charge in [0.05, 0.1) is 18.3 Å². The van der Waals surface area contributed by atoms with Crippen LogP contribution in [0.25, 0.3) is 0 Å². The van der Waals surface area contributed by atoms with Crippen LogP contribution in [0.1, 0.15) is 67.7 Å². The number of hydrogen-bond acceptors (Lipinski definition) is 12. The molecule has 0 spiro atoms. The standard InChI is InChI=1S/C28H47N3O12/c1-8-28(7,9-2)10-19(32)14-41-22(35)11-29-25(38)30(12-23(36)42-15-20(33)17(3)4)27(40)31(26(29)39)13-24(37)43-16-21(34)18(5)6/h17-21,32-34H,8-16H2,1-7H3. The maximum atomic E-state index is 13.1. The summed E-state index contributed by atoms with van der Waals surface area (Å²) in [5.74, 6) is -3.79. The molecule has 15 heteroatoms. The molecular formula is C28H47N3O12. The second-order valence-electron chi connectivity index (χ2n) is 11.7. The van der Waals surface area contributed by atoms with Gasteiger partial charge in [-0.1, -0.05) is 61.3 Å². The van der Waals surface area contributed by atoms with Crippen LogP contribution in [-0.2, 0) is 48.2 Å². The van der Waals surface area contributed by atoms with Gasteiger partial charge in [-0.25, -0.2) is 28.1 Å². The van der Waals surface area contributed by atoms with Crippen molar-refractivity contribution < 1.29 is 43.9 Å². The molecule has 1 rings (SSSR count). The molecule has 3 atom stereocenters. The molecule has 0 aliphatic carbocycles. The van der Waals surface area contributed by atoms with Crippen LogP contribution in [0.15, 0.2) is 14.4 Å². The lowest BCUT2D eigenvalue weighted by Crippen LogP contribution is -2.56. The molecule has 3 N–H and O–H groups in total. The summed E-state index contributed by atoms with van der Waals surface area (Å²) < 4.78 is 15.9. The van der Waals surface area contributed by atoms with Crippen LogP contribution >= 0.6 is 0 Å². The van der Waals surface area contributed by atoms with E-state index in [0.717, 1.165) is 12.8 Å². The van der Waals surface area contributed by atoms with E-state index in [1.54, 1.807) is 27.7 Å². The van der Waals surface area contributed by atoms with Crippen molar-refractivity contribution in [3.63, 3.8) is 0 Å². The fourth-order valence-corrected chi connectivity index (χ4v) is 3.71. The third-order valence-corrected chi connectivity index (χ3v) is 7.49. The van der Waals surface area contributed by atoms with Crippen LogP contribution in [0.3, 0.4) is 0 Å². The zero-order valence-corrected chi connectivity index (χ0v) is 26.1. The number of carbonyl (C=O) groups excluding carboxylic acids is 3. The van der Waals surface area contributed by atoms with E-state index < -0.39 is 92.7 Å². The lowest BCUT2D eigenvalue weighted by atomic mass is 9.80. The van der Waals surface area contributed by atoms with Crippen molar-refractivity contribution in [1.82, 2.24) is 13.7 Å². The van der Waals surface area contributed by atoms with Crippen LogP contribution < -0.4 is 17.1 Å². The first-order valence-electron chi connectivity index (χ1n) is 14.4. The predicted octanol–water partition coefficient (Wildman–Crippen LogP) is -0.588. The van der Waals surface area contributed by atoms with E-state index in [9.17, 15) is 44.1 Å². The van der Waals surface area contributed by atoms with Crippen LogP contribution in [0, 0.1) is 17.3 Å². The largest absolute Gasteiger partial charge is 0.462 e. The molecule has 15 nitrogen and oxygen atoms in total. The molecule has 0 saturated heterocycles. The number of aliphatic hydroxyl groups excluding tert-OH is 3. The Morgan fingerprint density at radius 1 is 0.651 bits per heavy atom. The smallest absolute Gasteiger partial charge is 0.337 e. The summed E-state index contributed by atoms with van der Waals surface area (Å²) in [6.45, 7) is 8.40. The third kappa shape index (κ3) is 11.7. The van der Waals surface area contributed by atoms with Gasteiger partial charge >= 0.3 is 35.0 Å². The Kier molecular flexibility index (Phi) is 15.0. The Morgan fingerprint density at radius 2 is 0.953 bits per heavy atom. The summed E-state index contributed by atoms with van der Waals surface area (Å²) >= 11 is 0. The first-order valence-corrected chi connectivity index (χ1v) is 14.4. The molecule has 1 heterocycles. The second kappa shape index (κ2) is 17.1. The van der Waals surface area contributed by atoms with Crippen molar-refractivity contribution in [1.29, 1.82) is 0 Å². The monoisotopic (exact) mass is 617 g/mol. The highest BCUT2D eigenvalue weighted by molar-refractivity contribution is 5.70. The number of rotatable bonds is 18. The maximum absolute atomic E-state index is 13.1. The molecule has 0 aliphatic rings. The predicted molar refractivity (Wildman–Crippen MR) is 153 cm³/mol. The van der Waals surface area contributed by atoms with Crippen LogP contribution in [0.4, 0.5) is 0 Å². The average molecular weight is 618 g/mol. The molecule has 246 valence electrons. The average Bonchev–Trinajstić information content (AvgIpc) is 2.95. The lowest BCUT2D eigenvalue weighted by Gasteiger charge is -2.29. The molecule has 0 amide bonds. The highest BCUT2D eigenvalue weighted by Crippen LogP contribution is 2.31. The van der Waals surface area contributed by atoms with Crippen molar-refractivity contribution >= 4 is 17.9 Å². The molecule has 0 saturated carbocycles. The van der Waals surface area contributed by atoms with Crippen molar-refractivity contribution in [3.8, 4) is 0 Å². The molecule has 1 aromatic rings. The van der Waals surface area contributed by atoms with Crippen molar-refractivity contribution in [2.75, 3.05) is 19.8 Å². The van der Waals surface area contributed by atoms with Gasteiger partial charge < -0.3 is 29.5 Å². The zero-order chi connectivity index (χ0) is 33.1. The number of aromatic nitrogens is 3. The number of carbonyl (C=O) groups is 3. The number of ether oxygens (including phenoxy) is 3. The van der Waals surface area contributed by atoms with Gasteiger partial charge in [-0.2, -0.15) is 0 Å². The summed E-state index contributed by atoms with van der Waals surface area (Å²) in [5, 5.41) is 30.1. The molecule has 0 fully saturated rings. The molecule has 0 radical (unpaired) electrons. The Hall–Kier alpha value is -3.30. The zero-order valence-electron chi connectivity index (χ0n) is 26.1. The highest BCUT2D eigenvalue weighted by atomic mass is 16.6. The molecular weight excluding hydrogens is 570 g/mol. The Balaban J connectivity index is 3.31. The summed E-state index contributed by atoms with van der Waals surface area (Å²) in [6.07, 6.45) is -1.14. The van der Waals surface area contributed by atoms with Crippen molar-refractivity contribution in [3.05, 3.63) is 31.5 Å². The van der Waals surface area contributed by atoms with E-state index in [2.05, 4.69) is 0 Å². The molecule has 43 heavy (non-hydrogen) atoms. The molecule has 3 unspecified atom stereocenters. The van der Waals surface area contributed by atoms with E-state index in [-0.39, 0.29) is 17.3 Å². The fourth-order valence-electron chi connectivity index (χ4n) is 3.71. The number of nitrogens with zero attached hydrogens (tertiary/aromatic N) is 3. The highest BCUT2D eigenvalue weighted by Gasteiger charge is 2.26. The van der Waals surface area contributed by atoms with Crippen molar-refractivity contribution in [2.24, 2.45) is 17.3 Å². The van der Waals surface area contributed by atoms with Crippen LogP contribution in [0.2, 0.25) is 0 Å². The van der Waals surface area contributed by atoms with E-state index in [0.29, 0.717) is 20.1 Å². The minimum atomic E-state index is -1.35. The minimum absolute atomic E-state index is 0.189. The van der Waals surface area contributed by atoms with E-state index in [1.807, 2.05) is 20.8 Å². The van der Waals surface area contributed by atoms with Gasteiger partial charge in [-0.3, -0.25) is 14.4 Å². The Labute approximate surface area is 250 Å². The number of esters is 3. The van der Waals surface area contributed by atoms with Gasteiger partial charge in [0, 0.05) is 0 Å². The normalized spacial score (nSPS) is 14.0. The molecule has 0 bridgehead atoms. The maximum Gasteiger partial charge on any atom is 0.337 e. The fraction of sp³-hybridized carbons (Fsp3) is 0.786. The number of hydrogen-bond donors (Lipinski definition) is 3. The van der Waals surface area contributed by atoms with Gasteiger partial charge in [0.25, 0.3) is 0 Å². The van der Waals surface area contributed by atoms with Crippen molar-refractivity contribution in [2.45, 2.75) is 106 Å². The first-order chi connectivity index (χ1) is 20.0. The molecule has 1 aromatic heterocycles. The van der Waals surface area contributed by atoms with Gasteiger partial charge in [0.15, 0.2) is 0 Å². The summed E-state index contributed by atoms with van der Waals surface area (Å²) in [6, 6.07) is 0. The van der Waals surface area contributed by atoms with Gasteiger partial charge in [-0.15, -0.1) is 0 Å². The van der Waals surface area contributed by atoms with Gasteiger partial charge in [0.2, 0.25) is 0 Å². The van der Waals surface area contributed by atoms with E-state index in [4.69, 9.17) is 14.2 Å². The summed E-state index contributed by atoms with van der Waals surface area (Å²) in [5.41, 5.74) is -4.24. The lowest BCUT2D eigenvalue weighted by molar-refractivity contribution is -0.148. The third-order valence-electron chi connectivity index (χ3n) is 7.49. The number of aliphatic hydroxyl groups is 3.